The van der Waals surface area contributed by atoms with Crippen LogP contribution in [0.2, 0.25) is 5.02 Å². The molecule has 1 N–H and O–H groups in total. The van der Waals surface area contributed by atoms with E-state index in [0.717, 1.165) is 38.5 Å². The number of halogens is 1. The predicted molar refractivity (Wildman–Crippen MR) is 96.8 cm³/mol. The standard InChI is InChI=1S/C19H21ClN2O4/c1-25-14-3-2-13-15(22-14)16(12(20)10-21-13)26-11-18-4-7-19(8-5-18,9-6-18)17(23)24/h2-3,10H,4-9,11H2,1H3,(H,23,24). The van der Waals surface area contributed by atoms with Gasteiger partial charge >= 0.3 is 5.97 Å². The van der Waals surface area contributed by atoms with Gasteiger partial charge in [0, 0.05) is 11.5 Å². The van der Waals surface area contributed by atoms with Crippen LogP contribution in [0.3, 0.4) is 0 Å². The van der Waals surface area contributed by atoms with Crippen molar-refractivity contribution >= 4 is 28.6 Å². The number of carbonyl (C=O) groups is 1. The van der Waals surface area contributed by atoms with E-state index >= 15 is 0 Å². The highest BCUT2D eigenvalue weighted by atomic mass is 35.5. The van der Waals surface area contributed by atoms with E-state index < -0.39 is 11.4 Å². The first-order chi connectivity index (χ1) is 12.5. The van der Waals surface area contributed by atoms with Gasteiger partial charge in [-0.05, 0) is 44.6 Å². The summed E-state index contributed by atoms with van der Waals surface area (Å²) in [5.74, 6) is 0.350. The number of aliphatic carboxylic acids is 1. The van der Waals surface area contributed by atoms with Crippen molar-refractivity contribution in [3.05, 3.63) is 23.4 Å². The Labute approximate surface area is 156 Å². The van der Waals surface area contributed by atoms with Gasteiger partial charge < -0.3 is 14.6 Å². The normalized spacial score (nSPS) is 27.5. The van der Waals surface area contributed by atoms with Gasteiger partial charge in [0.15, 0.2) is 5.75 Å². The Morgan fingerprint density at radius 1 is 1.23 bits per heavy atom. The van der Waals surface area contributed by atoms with Crippen LogP contribution in [0.1, 0.15) is 38.5 Å². The molecule has 5 rings (SSSR count). The smallest absolute Gasteiger partial charge is 0.309 e. The predicted octanol–water partition coefficient (Wildman–Crippen LogP) is 4.10. The molecule has 26 heavy (non-hydrogen) atoms. The number of aromatic nitrogens is 2. The van der Waals surface area contributed by atoms with E-state index in [1.807, 2.05) is 6.07 Å². The largest absolute Gasteiger partial charge is 0.489 e. The third-order valence-corrected chi connectivity index (χ3v) is 6.45. The fourth-order valence-corrected chi connectivity index (χ4v) is 4.47. The van der Waals surface area contributed by atoms with Crippen molar-refractivity contribution in [2.24, 2.45) is 10.8 Å². The van der Waals surface area contributed by atoms with Crippen LogP contribution in [0.4, 0.5) is 0 Å². The van der Waals surface area contributed by atoms with Crippen LogP contribution in [0.5, 0.6) is 11.6 Å². The zero-order valence-corrected chi connectivity index (χ0v) is 15.4. The molecular formula is C19H21ClN2O4. The highest BCUT2D eigenvalue weighted by Crippen LogP contribution is 2.57. The molecule has 138 valence electrons. The number of rotatable bonds is 5. The number of pyridine rings is 2. The first-order valence-electron chi connectivity index (χ1n) is 8.83. The Balaban J connectivity index is 1.57. The molecule has 0 saturated heterocycles. The maximum absolute atomic E-state index is 11.6. The van der Waals surface area contributed by atoms with E-state index in [1.165, 1.54) is 0 Å². The maximum atomic E-state index is 11.6. The molecule has 2 heterocycles. The minimum absolute atomic E-state index is 0.0228. The van der Waals surface area contributed by atoms with E-state index in [0.29, 0.717) is 34.3 Å². The summed E-state index contributed by atoms with van der Waals surface area (Å²) >= 11 is 6.33. The summed E-state index contributed by atoms with van der Waals surface area (Å²) < 4.78 is 11.4. The van der Waals surface area contributed by atoms with Gasteiger partial charge in [-0.25, -0.2) is 4.98 Å². The molecule has 0 spiro atoms. The number of nitrogens with zero attached hydrogens (tertiary/aromatic N) is 2. The fraction of sp³-hybridized carbons (Fsp3) is 0.526. The van der Waals surface area contributed by atoms with Crippen molar-refractivity contribution in [1.82, 2.24) is 9.97 Å². The molecule has 3 fully saturated rings. The lowest BCUT2D eigenvalue weighted by molar-refractivity contribution is -0.160. The second-order valence-corrected chi connectivity index (χ2v) is 7.94. The summed E-state index contributed by atoms with van der Waals surface area (Å²) in [5.41, 5.74) is 0.784. The van der Waals surface area contributed by atoms with Crippen LogP contribution in [-0.4, -0.2) is 34.8 Å². The lowest BCUT2D eigenvalue weighted by atomic mass is 9.54. The Bertz CT molecular complexity index is 845. The number of fused-ring (bicyclic) bond motifs is 4. The molecule has 0 aromatic carbocycles. The lowest BCUT2D eigenvalue weighted by Crippen LogP contribution is -2.48. The Morgan fingerprint density at radius 3 is 2.54 bits per heavy atom. The molecule has 0 unspecified atom stereocenters. The Morgan fingerprint density at radius 2 is 1.92 bits per heavy atom. The molecule has 0 amide bonds. The van der Waals surface area contributed by atoms with Gasteiger partial charge in [-0.1, -0.05) is 11.6 Å². The number of carboxylic acids is 1. The first kappa shape index (κ1) is 17.3. The van der Waals surface area contributed by atoms with Gasteiger partial charge in [-0.3, -0.25) is 9.78 Å². The van der Waals surface area contributed by atoms with E-state index in [1.54, 1.807) is 19.4 Å². The second kappa shape index (κ2) is 6.27. The molecule has 3 aliphatic carbocycles. The number of carboxylic acid groups (broad SMARTS) is 1. The van der Waals surface area contributed by atoms with Gasteiger partial charge in [0.1, 0.15) is 10.5 Å². The summed E-state index contributed by atoms with van der Waals surface area (Å²) in [5, 5.41) is 9.95. The van der Waals surface area contributed by atoms with E-state index in [9.17, 15) is 9.90 Å². The summed E-state index contributed by atoms with van der Waals surface area (Å²) in [6.07, 6.45) is 6.36. The molecule has 0 aliphatic heterocycles. The molecule has 0 atom stereocenters. The van der Waals surface area contributed by atoms with Crippen molar-refractivity contribution in [1.29, 1.82) is 0 Å². The van der Waals surface area contributed by atoms with Gasteiger partial charge in [0.2, 0.25) is 5.88 Å². The number of hydrogen-bond donors (Lipinski definition) is 1. The van der Waals surface area contributed by atoms with Crippen LogP contribution < -0.4 is 9.47 Å². The molecule has 2 aromatic heterocycles. The van der Waals surface area contributed by atoms with Crippen molar-refractivity contribution in [3.8, 4) is 11.6 Å². The van der Waals surface area contributed by atoms with Crippen molar-refractivity contribution < 1.29 is 19.4 Å². The number of ether oxygens (including phenoxy) is 2. The van der Waals surface area contributed by atoms with Crippen LogP contribution in [-0.2, 0) is 4.79 Å². The molecule has 7 heteroatoms. The van der Waals surface area contributed by atoms with Gasteiger partial charge in [-0.2, -0.15) is 0 Å². The van der Waals surface area contributed by atoms with Crippen molar-refractivity contribution in [3.63, 3.8) is 0 Å². The molecule has 3 aliphatic rings. The van der Waals surface area contributed by atoms with Crippen LogP contribution in [0.25, 0.3) is 11.0 Å². The topological polar surface area (TPSA) is 81.5 Å². The Kier molecular flexibility index (Phi) is 4.18. The fourth-order valence-electron chi connectivity index (χ4n) is 4.28. The second-order valence-electron chi connectivity index (χ2n) is 7.53. The van der Waals surface area contributed by atoms with E-state index in [2.05, 4.69) is 9.97 Å². The average molecular weight is 377 g/mol. The van der Waals surface area contributed by atoms with Crippen LogP contribution in [0, 0.1) is 10.8 Å². The third-order valence-electron chi connectivity index (χ3n) is 6.18. The highest BCUT2D eigenvalue weighted by Gasteiger charge is 2.52. The summed E-state index contributed by atoms with van der Waals surface area (Å²) in [6.45, 7) is 0.514. The minimum Gasteiger partial charge on any atom is -0.489 e. The van der Waals surface area contributed by atoms with E-state index in [-0.39, 0.29) is 5.41 Å². The number of hydrogen-bond acceptors (Lipinski definition) is 5. The molecule has 3 saturated carbocycles. The third kappa shape index (κ3) is 2.76. The molecular weight excluding hydrogens is 356 g/mol. The van der Waals surface area contributed by atoms with E-state index in [4.69, 9.17) is 21.1 Å². The van der Waals surface area contributed by atoms with Gasteiger partial charge in [0.05, 0.1) is 30.8 Å². The molecule has 0 radical (unpaired) electrons. The summed E-state index contributed by atoms with van der Waals surface area (Å²) in [6, 6.07) is 3.57. The molecule has 2 bridgehead atoms. The van der Waals surface area contributed by atoms with Gasteiger partial charge in [0.25, 0.3) is 0 Å². The zero-order chi connectivity index (χ0) is 18.4. The maximum Gasteiger partial charge on any atom is 0.309 e. The number of methoxy groups -OCH3 is 1. The SMILES string of the molecule is COc1ccc2ncc(Cl)c(OCC34CCC(C(=O)O)(CC3)CC4)c2n1. The average Bonchev–Trinajstić information content (AvgIpc) is 2.68. The Hall–Kier alpha value is -2.08. The molecule has 2 aromatic rings. The summed E-state index contributed by atoms with van der Waals surface area (Å²) in [4.78, 5) is 20.3. The monoisotopic (exact) mass is 376 g/mol. The van der Waals surface area contributed by atoms with Crippen LogP contribution >= 0.6 is 11.6 Å². The summed E-state index contributed by atoms with van der Waals surface area (Å²) in [7, 11) is 1.56. The van der Waals surface area contributed by atoms with Crippen molar-refractivity contribution in [2.45, 2.75) is 38.5 Å². The van der Waals surface area contributed by atoms with Crippen molar-refractivity contribution in [2.75, 3.05) is 13.7 Å². The van der Waals surface area contributed by atoms with Gasteiger partial charge in [-0.15, -0.1) is 0 Å². The minimum atomic E-state index is -0.647. The zero-order valence-electron chi connectivity index (χ0n) is 14.6. The highest BCUT2D eigenvalue weighted by molar-refractivity contribution is 6.32. The lowest BCUT2D eigenvalue weighted by Gasteiger charge is -2.51. The quantitative estimate of drug-likeness (QED) is 0.846. The first-order valence-corrected chi connectivity index (χ1v) is 9.20. The molecule has 6 nitrogen and oxygen atoms in total. The van der Waals surface area contributed by atoms with Crippen LogP contribution in [0.15, 0.2) is 18.3 Å².